The highest BCUT2D eigenvalue weighted by molar-refractivity contribution is 6.31. The number of nitrogen functional groups attached to an aromatic ring is 1. The van der Waals surface area contributed by atoms with Gasteiger partial charge in [0, 0.05) is 17.1 Å². The molecule has 5 heteroatoms. The van der Waals surface area contributed by atoms with Crippen LogP contribution in [0.4, 0.5) is 5.69 Å². The van der Waals surface area contributed by atoms with Gasteiger partial charge in [-0.1, -0.05) is 41.0 Å². The Hall–Kier alpha value is -2.33. The van der Waals surface area contributed by atoms with E-state index in [0.29, 0.717) is 34.4 Å². The van der Waals surface area contributed by atoms with Crippen molar-refractivity contribution in [1.82, 2.24) is 10.1 Å². The average molecular weight is 300 g/mol. The minimum absolute atomic E-state index is 0.388. The Morgan fingerprint density at radius 3 is 2.81 bits per heavy atom. The molecule has 0 spiro atoms. The monoisotopic (exact) mass is 299 g/mol. The third kappa shape index (κ3) is 2.90. The molecule has 0 fully saturated rings. The van der Waals surface area contributed by atoms with Crippen molar-refractivity contribution in [2.45, 2.75) is 13.3 Å². The molecular formula is C16H14ClN3O. The zero-order chi connectivity index (χ0) is 14.8. The van der Waals surface area contributed by atoms with Crippen molar-refractivity contribution in [3.05, 3.63) is 64.4 Å². The van der Waals surface area contributed by atoms with Crippen molar-refractivity contribution in [2.24, 2.45) is 0 Å². The van der Waals surface area contributed by atoms with Crippen molar-refractivity contribution in [1.29, 1.82) is 0 Å². The molecular weight excluding hydrogens is 286 g/mol. The molecule has 0 radical (unpaired) electrons. The SMILES string of the molecule is Cc1ccccc1Cc1noc(-c2cc(Cl)ccc2N)n1. The molecule has 4 nitrogen and oxygen atoms in total. The first kappa shape index (κ1) is 13.6. The van der Waals surface area contributed by atoms with Crippen LogP contribution in [0.3, 0.4) is 0 Å². The summed E-state index contributed by atoms with van der Waals surface area (Å²) < 4.78 is 5.30. The first-order chi connectivity index (χ1) is 10.1. The molecule has 3 aromatic rings. The number of rotatable bonds is 3. The highest BCUT2D eigenvalue weighted by Crippen LogP contribution is 2.27. The van der Waals surface area contributed by atoms with Crippen LogP contribution in [0.5, 0.6) is 0 Å². The first-order valence-corrected chi connectivity index (χ1v) is 6.94. The number of aromatic nitrogens is 2. The van der Waals surface area contributed by atoms with Crippen LogP contribution in [0, 0.1) is 6.92 Å². The van der Waals surface area contributed by atoms with Gasteiger partial charge in [-0.3, -0.25) is 0 Å². The number of nitrogens with zero attached hydrogens (tertiary/aromatic N) is 2. The molecule has 1 aromatic heterocycles. The van der Waals surface area contributed by atoms with E-state index in [0.717, 1.165) is 0 Å². The largest absolute Gasteiger partial charge is 0.398 e. The second kappa shape index (κ2) is 5.58. The second-order valence-electron chi connectivity index (χ2n) is 4.85. The predicted octanol–water partition coefficient (Wildman–Crippen LogP) is 3.87. The fourth-order valence-corrected chi connectivity index (χ4v) is 2.30. The van der Waals surface area contributed by atoms with Crippen LogP contribution in [0.2, 0.25) is 5.02 Å². The van der Waals surface area contributed by atoms with Crippen LogP contribution in [0.25, 0.3) is 11.5 Å². The van der Waals surface area contributed by atoms with E-state index in [4.69, 9.17) is 21.9 Å². The number of benzene rings is 2. The number of aryl methyl sites for hydroxylation is 1. The zero-order valence-electron chi connectivity index (χ0n) is 11.5. The molecule has 0 saturated carbocycles. The van der Waals surface area contributed by atoms with E-state index in [9.17, 15) is 0 Å². The molecule has 0 aliphatic rings. The molecule has 21 heavy (non-hydrogen) atoms. The van der Waals surface area contributed by atoms with Crippen molar-refractivity contribution >= 4 is 17.3 Å². The third-order valence-electron chi connectivity index (χ3n) is 3.32. The van der Waals surface area contributed by atoms with Gasteiger partial charge >= 0.3 is 0 Å². The number of hydrogen-bond donors (Lipinski definition) is 1. The van der Waals surface area contributed by atoms with Crippen molar-refractivity contribution in [3.63, 3.8) is 0 Å². The van der Waals surface area contributed by atoms with Gasteiger partial charge in [0.2, 0.25) is 0 Å². The summed E-state index contributed by atoms with van der Waals surface area (Å²) in [5.74, 6) is 1.01. The van der Waals surface area contributed by atoms with Gasteiger partial charge in [0.25, 0.3) is 5.89 Å². The second-order valence-corrected chi connectivity index (χ2v) is 5.29. The van der Waals surface area contributed by atoms with Crippen LogP contribution in [0.15, 0.2) is 47.0 Å². The Balaban J connectivity index is 1.90. The molecule has 0 atom stereocenters. The molecule has 0 amide bonds. The van der Waals surface area contributed by atoms with E-state index in [2.05, 4.69) is 29.2 Å². The van der Waals surface area contributed by atoms with Gasteiger partial charge in [-0.15, -0.1) is 0 Å². The number of anilines is 1. The quantitative estimate of drug-likeness (QED) is 0.746. The van der Waals surface area contributed by atoms with Crippen molar-refractivity contribution < 1.29 is 4.52 Å². The lowest BCUT2D eigenvalue weighted by Crippen LogP contribution is -1.94. The van der Waals surface area contributed by atoms with Crippen LogP contribution in [-0.2, 0) is 6.42 Å². The van der Waals surface area contributed by atoms with Crippen LogP contribution in [0.1, 0.15) is 17.0 Å². The molecule has 2 N–H and O–H groups in total. The first-order valence-electron chi connectivity index (χ1n) is 6.56. The molecule has 3 rings (SSSR count). The molecule has 106 valence electrons. The summed E-state index contributed by atoms with van der Waals surface area (Å²) in [7, 11) is 0. The highest BCUT2D eigenvalue weighted by Gasteiger charge is 2.13. The lowest BCUT2D eigenvalue weighted by atomic mass is 10.1. The molecule has 0 unspecified atom stereocenters. The van der Waals surface area contributed by atoms with Gasteiger partial charge < -0.3 is 10.3 Å². The van der Waals surface area contributed by atoms with Crippen LogP contribution < -0.4 is 5.73 Å². The summed E-state index contributed by atoms with van der Waals surface area (Å²) in [6, 6.07) is 13.3. The Morgan fingerprint density at radius 1 is 1.19 bits per heavy atom. The fourth-order valence-electron chi connectivity index (χ4n) is 2.13. The zero-order valence-corrected chi connectivity index (χ0v) is 12.3. The summed E-state index contributed by atoms with van der Waals surface area (Å²) in [6.45, 7) is 2.06. The maximum Gasteiger partial charge on any atom is 0.260 e. The van der Waals surface area contributed by atoms with Gasteiger partial charge in [-0.2, -0.15) is 4.98 Å². The van der Waals surface area contributed by atoms with E-state index in [1.807, 2.05) is 12.1 Å². The van der Waals surface area contributed by atoms with Crippen LogP contribution >= 0.6 is 11.6 Å². The van der Waals surface area contributed by atoms with Gasteiger partial charge in [0.05, 0.1) is 5.56 Å². The number of nitrogens with two attached hydrogens (primary N) is 1. The Bertz CT molecular complexity index is 783. The molecule has 0 saturated heterocycles. The maximum atomic E-state index is 5.98. The topological polar surface area (TPSA) is 64.9 Å². The summed E-state index contributed by atoms with van der Waals surface area (Å²) >= 11 is 5.98. The van der Waals surface area contributed by atoms with Gasteiger partial charge in [-0.05, 0) is 36.2 Å². The van der Waals surface area contributed by atoms with Crippen LogP contribution in [-0.4, -0.2) is 10.1 Å². The smallest absolute Gasteiger partial charge is 0.260 e. The number of hydrogen-bond acceptors (Lipinski definition) is 4. The van der Waals surface area contributed by atoms with E-state index >= 15 is 0 Å². The van der Waals surface area contributed by atoms with Gasteiger partial charge in [0.1, 0.15) is 0 Å². The Labute approximate surface area is 127 Å². The molecule has 0 aliphatic heterocycles. The average Bonchev–Trinajstić information content (AvgIpc) is 2.92. The van der Waals surface area contributed by atoms with Crippen molar-refractivity contribution in [2.75, 3.05) is 5.73 Å². The summed E-state index contributed by atoms with van der Waals surface area (Å²) in [6.07, 6.45) is 0.622. The third-order valence-corrected chi connectivity index (χ3v) is 3.56. The Morgan fingerprint density at radius 2 is 2.00 bits per heavy atom. The molecule has 0 aliphatic carbocycles. The normalized spacial score (nSPS) is 10.8. The van der Waals surface area contributed by atoms with Gasteiger partial charge in [-0.25, -0.2) is 0 Å². The van der Waals surface area contributed by atoms with Crippen molar-refractivity contribution in [3.8, 4) is 11.5 Å². The molecule has 0 bridgehead atoms. The minimum Gasteiger partial charge on any atom is -0.398 e. The summed E-state index contributed by atoms with van der Waals surface area (Å²) in [5.41, 5.74) is 9.51. The Kier molecular flexibility index (Phi) is 3.62. The summed E-state index contributed by atoms with van der Waals surface area (Å²) in [4.78, 5) is 4.40. The lowest BCUT2D eigenvalue weighted by Gasteiger charge is -2.01. The number of halogens is 1. The van der Waals surface area contributed by atoms with Gasteiger partial charge in [0.15, 0.2) is 5.82 Å². The van der Waals surface area contributed by atoms with E-state index < -0.39 is 0 Å². The molecule has 2 aromatic carbocycles. The maximum absolute atomic E-state index is 5.98. The standard InChI is InChI=1S/C16H14ClN3O/c1-10-4-2-3-5-11(10)8-15-19-16(21-20-15)13-9-12(17)6-7-14(13)18/h2-7,9H,8,18H2,1H3. The lowest BCUT2D eigenvalue weighted by molar-refractivity contribution is 0.424. The predicted molar refractivity (Wildman–Crippen MR) is 83.1 cm³/mol. The highest BCUT2D eigenvalue weighted by atomic mass is 35.5. The summed E-state index contributed by atoms with van der Waals surface area (Å²) in [5, 5.41) is 4.60. The van der Waals surface area contributed by atoms with E-state index in [1.54, 1.807) is 18.2 Å². The fraction of sp³-hybridized carbons (Fsp3) is 0.125. The minimum atomic E-state index is 0.388. The molecule has 1 heterocycles. The van der Waals surface area contributed by atoms with E-state index in [-0.39, 0.29) is 0 Å². The van der Waals surface area contributed by atoms with E-state index in [1.165, 1.54) is 11.1 Å².